The van der Waals surface area contributed by atoms with E-state index in [9.17, 15) is 4.79 Å². The second kappa shape index (κ2) is 7.17. The number of hydrogen-bond acceptors (Lipinski definition) is 4. The van der Waals surface area contributed by atoms with Crippen molar-refractivity contribution in [3.05, 3.63) is 21.3 Å². The summed E-state index contributed by atoms with van der Waals surface area (Å²) in [6, 6.07) is 4.17. The summed E-state index contributed by atoms with van der Waals surface area (Å²) in [4.78, 5) is 15.5. The molecule has 3 rings (SSSR count). The molecule has 0 aliphatic carbocycles. The molecule has 5 nitrogen and oxygen atoms in total. The Bertz CT molecular complexity index is 525. The minimum Gasteiger partial charge on any atom is -0.373 e. The van der Waals surface area contributed by atoms with Gasteiger partial charge in [-0.3, -0.25) is 4.90 Å². The van der Waals surface area contributed by atoms with Crippen LogP contribution in [-0.4, -0.2) is 49.3 Å². The number of morpholine rings is 1. The van der Waals surface area contributed by atoms with Crippen molar-refractivity contribution in [1.29, 1.82) is 0 Å². The van der Waals surface area contributed by atoms with Gasteiger partial charge in [0.15, 0.2) is 0 Å². The van der Waals surface area contributed by atoms with Gasteiger partial charge in [-0.25, -0.2) is 4.79 Å². The van der Waals surface area contributed by atoms with Crippen LogP contribution >= 0.6 is 22.9 Å². The minimum atomic E-state index is -0.163. The van der Waals surface area contributed by atoms with Gasteiger partial charge in [0, 0.05) is 24.0 Å². The number of fused-ring (bicyclic) bond motifs is 1. The van der Waals surface area contributed by atoms with Gasteiger partial charge in [0.05, 0.1) is 23.1 Å². The van der Waals surface area contributed by atoms with Crippen LogP contribution in [0.1, 0.15) is 30.7 Å². The predicted octanol–water partition coefficient (Wildman–Crippen LogP) is 2.62. The predicted molar refractivity (Wildman–Crippen MR) is 88.6 cm³/mol. The zero-order valence-corrected chi connectivity index (χ0v) is 14.3. The first kappa shape index (κ1) is 16.1. The molecule has 122 valence electrons. The van der Waals surface area contributed by atoms with Crippen molar-refractivity contribution in [3.63, 3.8) is 0 Å². The molecule has 2 aliphatic rings. The van der Waals surface area contributed by atoms with Crippen LogP contribution in [0, 0.1) is 0 Å². The number of urea groups is 1. The molecule has 1 aromatic heterocycles. The van der Waals surface area contributed by atoms with E-state index in [0.29, 0.717) is 12.6 Å². The number of carbonyl (C=O) groups excluding carboxylic acids is 1. The molecule has 0 saturated carbocycles. The Labute approximate surface area is 140 Å². The van der Waals surface area contributed by atoms with Crippen LogP contribution in [0.5, 0.6) is 0 Å². The van der Waals surface area contributed by atoms with Crippen molar-refractivity contribution < 1.29 is 9.53 Å². The van der Waals surface area contributed by atoms with E-state index in [0.717, 1.165) is 28.9 Å². The van der Waals surface area contributed by atoms with Gasteiger partial charge in [0.25, 0.3) is 0 Å². The Morgan fingerprint density at radius 2 is 2.45 bits per heavy atom. The zero-order valence-electron chi connectivity index (χ0n) is 12.7. The molecule has 3 heterocycles. The van der Waals surface area contributed by atoms with E-state index in [1.54, 1.807) is 0 Å². The van der Waals surface area contributed by atoms with Gasteiger partial charge in [-0.2, -0.15) is 0 Å². The average molecular weight is 344 g/mol. The molecule has 2 fully saturated rings. The largest absolute Gasteiger partial charge is 0.373 e. The Hall–Kier alpha value is -0.820. The van der Waals surface area contributed by atoms with Crippen LogP contribution in [-0.2, 0) is 4.74 Å². The average Bonchev–Trinajstić information content (AvgIpc) is 3.13. The highest BCUT2D eigenvalue weighted by Gasteiger charge is 2.32. The van der Waals surface area contributed by atoms with E-state index < -0.39 is 0 Å². The highest BCUT2D eigenvalue weighted by molar-refractivity contribution is 7.16. The Morgan fingerprint density at radius 1 is 1.59 bits per heavy atom. The van der Waals surface area contributed by atoms with Crippen LogP contribution < -0.4 is 10.6 Å². The number of amides is 2. The van der Waals surface area contributed by atoms with Gasteiger partial charge in [-0.05, 0) is 38.4 Å². The second-order valence-electron chi connectivity index (χ2n) is 5.96. The highest BCUT2D eigenvalue weighted by Crippen LogP contribution is 2.26. The highest BCUT2D eigenvalue weighted by atomic mass is 35.5. The zero-order chi connectivity index (χ0) is 15.5. The number of rotatable bonds is 4. The third-order valence-corrected chi connectivity index (χ3v) is 5.73. The van der Waals surface area contributed by atoms with Gasteiger partial charge in [0.2, 0.25) is 0 Å². The Morgan fingerprint density at radius 3 is 3.23 bits per heavy atom. The lowest BCUT2D eigenvalue weighted by Crippen LogP contribution is -2.51. The van der Waals surface area contributed by atoms with Crippen molar-refractivity contribution in [2.45, 2.75) is 38.0 Å². The first-order chi connectivity index (χ1) is 10.6. The van der Waals surface area contributed by atoms with E-state index in [4.69, 9.17) is 16.3 Å². The van der Waals surface area contributed by atoms with Gasteiger partial charge in [-0.15, -0.1) is 11.3 Å². The molecule has 7 heteroatoms. The molecule has 3 unspecified atom stereocenters. The third kappa shape index (κ3) is 3.93. The summed E-state index contributed by atoms with van der Waals surface area (Å²) in [6.07, 6.45) is 2.59. The maximum Gasteiger partial charge on any atom is 0.315 e. The minimum absolute atomic E-state index is 0.0484. The number of carbonyl (C=O) groups is 1. The molecule has 3 atom stereocenters. The molecule has 2 N–H and O–H groups in total. The monoisotopic (exact) mass is 343 g/mol. The number of ether oxygens (including phenoxy) is 1. The van der Waals surface area contributed by atoms with Gasteiger partial charge in [0.1, 0.15) is 0 Å². The van der Waals surface area contributed by atoms with Crippen molar-refractivity contribution >= 4 is 29.0 Å². The van der Waals surface area contributed by atoms with E-state index in [1.807, 2.05) is 19.1 Å². The quantitative estimate of drug-likeness (QED) is 0.883. The number of halogens is 1. The number of thiophene rings is 1. The van der Waals surface area contributed by atoms with E-state index in [1.165, 1.54) is 24.2 Å². The second-order valence-corrected chi connectivity index (χ2v) is 7.71. The summed E-state index contributed by atoms with van der Waals surface area (Å²) in [7, 11) is 0. The standard InChI is InChI=1S/C15H22ClN3O2S/c1-10(13-4-5-14(16)22-13)18-15(20)17-7-12-8-19-6-2-3-11(19)9-21-12/h4-5,10-12H,2-3,6-9H2,1H3,(H2,17,18,20). The lowest BCUT2D eigenvalue weighted by atomic mass is 10.2. The van der Waals surface area contributed by atoms with Gasteiger partial charge >= 0.3 is 6.03 Å². The molecular formula is C15H22ClN3O2S. The maximum absolute atomic E-state index is 12.0. The number of nitrogens with zero attached hydrogens (tertiary/aromatic N) is 1. The Balaban J connectivity index is 1.40. The van der Waals surface area contributed by atoms with Crippen LogP contribution in [0.15, 0.2) is 12.1 Å². The van der Waals surface area contributed by atoms with Crippen molar-refractivity contribution in [3.8, 4) is 0 Å². The molecular weight excluding hydrogens is 322 g/mol. The summed E-state index contributed by atoms with van der Waals surface area (Å²) >= 11 is 7.40. The number of hydrogen-bond donors (Lipinski definition) is 2. The van der Waals surface area contributed by atoms with Crippen LogP contribution in [0.4, 0.5) is 4.79 Å². The van der Waals surface area contributed by atoms with Crippen LogP contribution in [0.2, 0.25) is 4.34 Å². The fourth-order valence-corrected chi connectivity index (χ4v) is 4.16. The maximum atomic E-state index is 12.0. The Kier molecular flexibility index (Phi) is 5.23. The molecule has 0 bridgehead atoms. The molecule has 2 amide bonds. The van der Waals surface area contributed by atoms with Gasteiger partial charge in [-0.1, -0.05) is 11.6 Å². The lowest BCUT2D eigenvalue weighted by molar-refractivity contribution is -0.0458. The molecule has 1 aromatic rings. The normalized spacial score (nSPS) is 26.5. The van der Waals surface area contributed by atoms with Gasteiger partial charge < -0.3 is 15.4 Å². The summed E-state index contributed by atoms with van der Waals surface area (Å²) in [5.41, 5.74) is 0. The molecule has 0 spiro atoms. The smallest absolute Gasteiger partial charge is 0.315 e. The summed E-state index contributed by atoms with van der Waals surface area (Å²) in [6.45, 7) is 5.37. The summed E-state index contributed by atoms with van der Waals surface area (Å²) in [5, 5.41) is 5.84. The van der Waals surface area contributed by atoms with Crippen molar-refractivity contribution in [2.75, 3.05) is 26.2 Å². The van der Waals surface area contributed by atoms with Crippen molar-refractivity contribution in [1.82, 2.24) is 15.5 Å². The van der Waals surface area contributed by atoms with Crippen LogP contribution in [0.25, 0.3) is 0 Å². The lowest BCUT2D eigenvalue weighted by Gasteiger charge is -2.35. The fraction of sp³-hybridized carbons (Fsp3) is 0.667. The first-order valence-corrected chi connectivity index (χ1v) is 8.96. The molecule has 2 saturated heterocycles. The topological polar surface area (TPSA) is 53.6 Å². The molecule has 0 radical (unpaired) electrons. The SMILES string of the molecule is CC(NC(=O)NCC1CN2CCCC2CO1)c1ccc(Cl)s1. The third-order valence-electron chi connectivity index (χ3n) is 4.32. The molecule has 22 heavy (non-hydrogen) atoms. The van der Waals surface area contributed by atoms with Crippen molar-refractivity contribution in [2.24, 2.45) is 0 Å². The number of nitrogens with one attached hydrogen (secondary N) is 2. The summed E-state index contributed by atoms with van der Waals surface area (Å²) in [5.74, 6) is 0. The van der Waals surface area contributed by atoms with Crippen LogP contribution in [0.3, 0.4) is 0 Å². The fourth-order valence-electron chi connectivity index (χ4n) is 3.10. The summed E-state index contributed by atoms with van der Waals surface area (Å²) < 4.78 is 6.57. The molecule has 2 aliphatic heterocycles. The van der Waals surface area contributed by atoms with E-state index >= 15 is 0 Å². The molecule has 0 aromatic carbocycles. The van der Waals surface area contributed by atoms with E-state index in [-0.39, 0.29) is 18.2 Å². The first-order valence-electron chi connectivity index (χ1n) is 7.77. The van der Waals surface area contributed by atoms with E-state index in [2.05, 4.69) is 15.5 Å².